The maximum absolute atomic E-state index is 9.31. The Balaban J connectivity index is 2.15. The van der Waals surface area contributed by atoms with Crippen LogP contribution in [-0.4, -0.2) is 44.6 Å². The molecule has 0 spiro atoms. The van der Waals surface area contributed by atoms with Crippen molar-refractivity contribution < 1.29 is 9.47 Å². The molecule has 6 nitrogen and oxygen atoms in total. The summed E-state index contributed by atoms with van der Waals surface area (Å²) in [6.45, 7) is 6.41. The topological polar surface area (TPSA) is 75.3 Å². The second-order valence-electron chi connectivity index (χ2n) is 6.64. The fraction of sp³-hybridized carbons (Fsp3) is 0.333. The van der Waals surface area contributed by atoms with Crippen molar-refractivity contribution in [1.29, 1.82) is 5.26 Å². The van der Waals surface area contributed by atoms with Crippen molar-refractivity contribution in [3.05, 3.63) is 35.7 Å². The standard InChI is InChI=1S/C18H20AsN4O2/c1-18(2,3)15-16(23-17(22-15)11(9-20)10-21-23)19-13-7-6-12(24-4)8-14(13)25-5/h6-8,10,21H,1-5H3. The van der Waals surface area contributed by atoms with Gasteiger partial charge in [-0.3, -0.25) is 0 Å². The molecule has 0 unspecified atom stereocenters. The van der Waals surface area contributed by atoms with Crippen molar-refractivity contribution in [2.24, 2.45) is 0 Å². The summed E-state index contributed by atoms with van der Waals surface area (Å²) >= 11 is -0.403. The summed E-state index contributed by atoms with van der Waals surface area (Å²) in [5.41, 5.74) is 2.13. The van der Waals surface area contributed by atoms with Gasteiger partial charge in [0.15, 0.2) is 0 Å². The van der Waals surface area contributed by atoms with E-state index in [-0.39, 0.29) is 5.41 Å². The molecule has 1 aromatic carbocycles. The molecule has 2 aromatic heterocycles. The van der Waals surface area contributed by atoms with E-state index in [1.54, 1.807) is 20.4 Å². The average molecular weight is 399 g/mol. The van der Waals surface area contributed by atoms with Crippen molar-refractivity contribution in [1.82, 2.24) is 14.6 Å². The van der Waals surface area contributed by atoms with E-state index in [0.717, 1.165) is 26.0 Å². The molecule has 0 aliphatic rings. The van der Waals surface area contributed by atoms with Gasteiger partial charge in [-0.1, -0.05) is 0 Å². The molecule has 0 aliphatic heterocycles. The Morgan fingerprint density at radius 2 is 2.00 bits per heavy atom. The summed E-state index contributed by atoms with van der Waals surface area (Å²) < 4.78 is 15.0. The summed E-state index contributed by atoms with van der Waals surface area (Å²) in [6.07, 6.45) is 1.70. The van der Waals surface area contributed by atoms with Crippen LogP contribution in [0.15, 0.2) is 24.4 Å². The molecule has 0 fully saturated rings. The zero-order valence-electron chi connectivity index (χ0n) is 14.9. The Morgan fingerprint density at radius 1 is 1.24 bits per heavy atom. The molecule has 0 aliphatic carbocycles. The molecule has 2 heterocycles. The third-order valence-corrected chi connectivity index (χ3v) is 6.47. The molecule has 1 N–H and O–H groups in total. The number of rotatable bonds is 4. The van der Waals surface area contributed by atoms with E-state index in [1.165, 1.54) is 0 Å². The van der Waals surface area contributed by atoms with Gasteiger partial charge in [0, 0.05) is 0 Å². The fourth-order valence-corrected chi connectivity index (χ4v) is 5.50. The number of aromatic amines is 1. The van der Waals surface area contributed by atoms with Crippen molar-refractivity contribution in [3.8, 4) is 17.6 Å². The van der Waals surface area contributed by atoms with E-state index >= 15 is 0 Å². The monoisotopic (exact) mass is 399 g/mol. The molecule has 0 saturated carbocycles. The Kier molecular flexibility index (Phi) is 4.53. The molecule has 129 valence electrons. The Morgan fingerprint density at radius 3 is 2.60 bits per heavy atom. The molecule has 0 saturated heterocycles. The van der Waals surface area contributed by atoms with Crippen molar-refractivity contribution in [3.63, 3.8) is 0 Å². The van der Waals surface area contributed by atoms with Crippen molar-refractivity contribution in [2.45, 2.75) is 26.2 Å². The number of benzene rings is 1. The van der Waals surface area contributed by atoms with Crippen LogP contribution in [-0.2, 0) is 5.41 Å². The number of nitrogens with zero attached hydrogens (tertiary/aromatic N) is 3. The van der Waals surface area contributed by atoms with Crippen LogP contribution in [0.2, 0.25) is 0 Å². The van der Waals surface area contributed by atoms with Gasteiger partial charge in [0.05, 0.1) is 0 Å². The second-order valence-corrected chi connectivity index (χ2v) is 9.01. The maximum atomic E-state index is 9.31. The Labute approximate surface area is 153 Å². The van der Waals surface area contributed by atoms with Crippen LogP contribution in [0.3, 0.4) is 0 Å². The number of fused-ring (bicyclic) bond motifs is 1. The van der Waals surface area contributed by atoms with Gasteiger partial charge in [-0.05, 0) is 0 Å². The summed E-state index contributed by atoms with van der Waals surface area (Å²) in [5.74, 6) is 1.57. The van der Waals surface area contributed by atoms with E-state index < -0.39 is 15.8 Å². The predicted octanol–water partition coefficient (Wildman–Crippen LogP) is 1.50. The molecule has 3 rings (SSSR count). The van der Waals surface area contributed by atoms with Gasteiger partial charge in [0.25, 0.3) is 0 Å². The third-order valence-electron chi connectivity index (χ3n) is 3.88. The normalized spacial score (nSPS) is 12.0. The molecule has 0 amide bonds. The van der Waals surface area contributed by atoms with Gasteiger partial charge in [-0.2, -0.15) is 0 Å². The zero-order chi connectivity index (χ0) is 18.2. The zero-order valence-corrected chi connectivity index (χ0v) is 16.8. The molecule has 0 atom stereocenters. The van der Waals surface area contributed by atoms with Gasteiger partial charge >= 0.3 is 153 Å². The number of imidazole rings is 1. The van der Waals surface area contributed by atoms with E-state index in [0.29, 0.717) is 11.2 Å². The third kappa shape index (κ3) is 3.12. The molecule has 7 heteroatoms. The molecule has 3 aromatic rings. The van der Waals surface area contributed by atoms with Crippen LogP contribution in [0, 0.1) is 11.3 Å². The number of hydrogen-bond donors (Lipinski definition) is 1. The van der Waals surface area contributed by atoms with E-state index in [9.17, 15) is 5.26 Å². The first-order chi connectivity index (χ1) is 11.9. The van der Waals surface area contributed by atoms with Gasteiger partial charge in [0.2, 0.25) is 0 Å². The first-order valence-electron chi connectivity index (χ1n) is 7.83. The number of H-pyrrole nitrogens is 1. The summed E-state index contributed by atoms with van der Waals surface area (Å²) in [4.78, 5) is 4.77. The van der Waals surface area contributed by atoms with Crippen molar-refractivity contribution >= 4 is 30.2 Å². The quantitative estimate of drug-likeness (QED) is 0.675. The second kappa shape index (κ2) is 6.49. The molecule has 0 bridgehead atoms. The summed E-state index contributed by atoms with van der Waals surface area (Å²) in [7, 11) is 3.31. The fourth-order valence-electron chi connectivity index (χ4n) is 2.59. The molecule has 25 heavy (non-hydrogen) atoms. The van der Waals surface area contributed by atoms with Crippen LogP contribution in [0.4, 0.5) is 0 Å². The number of hydrogen-bond acceptors (Lipinski definition) is 4. The van der Waals surface area contributed by atoms with Gasteiger partial charge in [0.1, 0.15) is 0 Å². The minimum atomic E-state index is -0.403. The summed E-state index contributed by atoms with van der Waals surface area (Å²) in [5, 5.41) is 12.5. The number of aromatic nitrogens is 3. The van der Waals surface area contributed by atoms with Gasteiger partial charge in [-0.15, -0.1) is 0 Å². The number of nitrogens with one attached hydrogen (secondary N) is 1. The van der Waals surface area contributed by atoms with Crippen LogP contribution < -0.4 is 18.3 Å². The SMILES string of the molecule is COc1ccc([As]c2c(C(C)(C)C)nc3c(C#N)c[nH]n23)c(OC)c1. The first kappa shape index (κ1) is 17.4. The van der Waals surface area contributed by atoms with Gasteiger partial charge in [-0.25, -0.2) is 0 Å². The van der Waals surface area contributed by atoms with Crippen LogP contribution in [0.25, 0.3) is 5.65 Å². The van der Waals surface area contributed by atoms with E-state index in [2.05, 4.69) is 31.9 Å². The van der Waals surface area contributed by atoms with E-state index in [1.807, 2.05) is 22.7 Å². The van der Waals surface area contributed by atoms with Gasteiger partial charge < -0.3 is 0 Å². The van der Waals surface area contributed by atoms with Crippen LogP contribution in [0.5, 0.6) is 11.5 Å². The van der Waals surface area contributed by atoms with E-state index in [4.69, 9.17) is 14.5 Å². The number of nitriles is 1. The Bertz CT molecular complexity index is 960. The van der Waals surface area contributed by atoms with Crippen molar-refractivity contribution in [2.75, 3.05) is 14.2 Å². The molecule has 1 radical (unpaired) electrons. The first-order valence-corrected chi connectivity index (χ1v) is 9.71. The molecular weight excluding hydrogens is 379 g/mol. The number of methoxy groups -OCH3 is 2. The van der Waals surface area contributed by atoms with Crippen LogP contribution >= 0.6 is 0 Å². The average Bonchev–Trinajstić information content (AvgIpc) is 3.14. The van der Waals surface area contributed by atoms with Crippen LogP contribution in [0.1, 0.15) is 32.0 Å². The predicted molar refractivity (Wildman–Crippen MR) is 97.5 cm³/mol. The molecular formula is C18H20AsN4O2. The Hall–Kier alpha value is -2.38. The minimum absolute atomic E-state index is 0.121. The number of ether oxygens (including phenoxy) is 2. The summed E-state index contributed by atoms with van der Waals surface area (Å²) in [6, 6.07) is 8.08.